The number of fused-ring (bicyclic) bond motifs is 3. The van der Waals surface area contributed by atoms with Gasteiger partial charge in [0.2, 0.25) is 5.91 Å². The van der Waals surface area contributed by atoms with Gasteiger partial charge in [0.25, 0.3) is 0 Å². The van der Waals surface area contributed by atoms with Crippen LogP contribution in [0.1, 0.15) is 31.4 Å². The Morgan fingerprint density at radius 3 is 2.65 bits per heavy atom. The molecule has 5 nitrogen and oxygen atoms in total. The van der Waals surface area contributed by atoms with Crippen molar-refractivity contribution in [1.82, 2.24) is 5.32 Å². The fourth-order valence-electron chi connectivity index (χ4n) is 4.81. The third kappa shape index (κ3) is 4.65. The number of hydrogen-bond acceptors (Lipinski definition) is 4. The maximum Gasteiger partial charge on any atom is 0.225 e. The van der Waals surface area contributed by atoms with E-state index < -0.39 is 0 Å². The van der Waals surface area contributed by atoms with Crippen LogP contribution in [0.2, 0.25) is 0 Å². The first-order valence-corrected chi connectivity index (χ1v) is 11.5. The Morgan fingerprint density at radius 1 is 1.16 bits per heavy atom. The fraction of sp³-hybridized carbons (Fsp3) is 0.500. The number of benzene rings is 2. The van der Waals surface area contributed by atoms with Gasteiger partial charge in [-0.2, -0.15) is 0 Å². The number of nitrogens with one attached hydrogen (secondary N) is 1. The van der Waals surface area contributed by atoms with Crippen LogP contribution in [0.5, 0.6) is 5.75 Å². The Balaban J connectivity index is 1.60. The lowest BCUT2D eigenvalue weighted by Crippen LogP contribution is -2.61. The van der Waals surface area contributed by atoms with Gasteiger partial charge in [-0.3, -0.25) is 4.79 Å². The topological polar surface area (TPSA) is 44.8 Å². The van der Waals surface area contributed by atoms with Crippen molar-refractivity contribution >= 4 is 17.3 Å². The zero-order chi connectivity index (χ0) is 22.0. The lowest BCUT2D eigenvalue weighted by atomic mass is 9.83. The molecule has 1 N–H and O–H groups in total. The smallest absolute Gasteiger partial charge is 0.225 e. The number of methoxy groups -OCH3 is 1. The molecule has 0 saturated carbocycles. The number of hydrogen-bond donors (Lipinski definition) is 1. The predicted molar refractivity (Wildman–Crippen MR) is 127 cm³/mol. The standard InChI is InChI=1S/C26H35N3O2/c1-18(2)11-12-27-26(30)23-15-20-7-10-22(31-4)16-24(20)29-14-13-28(17-25(23)29)21-8-5-19(3)6-9-21/h5-10,16,18,23,25H,11-15,17H2,1-4H3,(H,27,30)/t23-,25+/m0/s1. The SMILES string of the molecule is COc1ccc2c(c1)N1CCN(c3ccc(C)cc3)C[C@@H]1[C@@H](C(=O)NCCC(C)C)C2. The van der Waals surface area contributed by atoms with Crippen molar-refractivity contribution in [2.24, 2.45) is 11.8 Å². The van der Waals surface area contributed by atoms with Gasteiger partial charge in [0.1, 0.15) is 5.75 Å². The van der Waals surface area contributed by atoms with Crippen LogP contribution in [0.4, 0.5) is 11.4 Å². The van der Waals surface area contributed by atoms with Crippen molar-refractivity contribution in [3.63, 3.8) is 0 Å². The molecule has 2 aromatic rings. The maximum absolute atomic E-state index is 13.3. The van der Waals surface area contributed by atoms with E-state index >= 15 is 0 Å². The number of ether oxygens (including phenoxy) is 1. The molecule has 31 heavy (non-hydrogen) atoms. The van der Waals surface area contributed by atoms with E-state index in [2.05, 4.69) is 72.3 Å². The van der Waals surface area contributed by atoms with E-state index in [1.807, 2.05) is 6.07 Å². The summed E-state index contributed by atoms with van der Waals surface area (Å²) >= 11 is 0. The highest BCUT2D eigenvalue weighted by Crippen LogP contribution is 2.39. The van der Waals surface area contributed by atoms with Gasteiger partial charge in [-0.05, 0) is 49.4 Å². The number of amides is 1. The number of rotatable bonds is 6. The van der Waals surface area contributed by atoms with Gasteiger partial charge in [-0.15, -0.1) is 0 Å². The molecule has 2 heterocycles. The van der Waals surface area contributed by atoms with E-state index in [0.29, 0.717) is 5.92 Å². The van der Waals surface area contributed by atoms with E-state index in [4.69, 9.17) is 4.74 Å². The second-order valence-electron chi connectivity index (χ2n) is 9.32. The van der Waals surface area contributed by atoms with Gasteiger partial charge in [0.05, 0.1) is 19.1 Å². The third-order valence-corrected chi connectivity index (χ3v) is 6.68. The van der Waals surface area contributed by atoms with Crippen molar-refractivity contribution < 1.29 is 9.53 Å². The molecule has 0 radical (unpaired) electrons. The first kappa shape index (κ1) is 21.5. The van der Waals surface area contributed by atoms with E-state index in [0.717, 1.165) is 44.8 Å². The Kier molecular flexibility index (Phi) is 6.40. The predicted octanol–water partition coefficient (Wildman–Crippen LogP) is 4.03. The molecule has 0 unspecified atom stereocenters. The number of aryl methyl sites for hydroxylation is 1. The van der Waals surface area contributed by atoms with Gasteiger partial charge in [-0.1, -0.05) is 37.6 Å². The third-order valence-electron chi connectivity index (χ3n) is 6.68. The largest absolute Gasteiger partial charge is 0.497 e. The Bertz CT molecular complexity index is 909. The molecule has 1 saturated heterocycles. The molecule has 2 aliphatic rings. The van der Waals surface area contributed by atoms with Crippen molar-refractivity contribution in [2.75, 3.05) is 43.1 Å². The zero-order valence-corrected chi connectivity index (χ0v) is 19.2. The van der Waals surface area contributed by atoms with E-state index in [1.165, 1.54) is 22.5 Å². The number of anilines is 2. The van der Waals surface area contributed by atoms with Gasteiger partial charge >= 0.3 is 0 Å². The summed E-state index contributed by atoms with van der Waals surface area (Å²) in [5.41, 5.74) is 4.97. The summed E-state index contributed by atoms with van der Waals surface area (Å²) in [4.78, 5) is 18.1. The molecule has 166 valence electrons. The highest BCUT2D eigenvalue weighted by Gasteiger charge is 2.41. The van der Waals surface area contributed by atoms with Crippen LogP contribution >= 0.6 is 0 Å². The minimum absolute atomic E-state index is 0.0543. The Morgan fingerprint density at radius 2 is 1.94 bits per heavy atom. The first-order chi connectivity index (χ1) is 15.0. The molecule has 1 amide bonds. The Hall–Kier alpha value is -2.69. The van der Waals surface area contributed by atoms with E-state index in [1.54, 1.807) is 7.11 Å². The summed E-state index contributed by atoms with van der Waals surface area (Å²) < 4.78 is 5.50. The summed E-state index contributed by atoms with van der Waals surface area (Å²) in [5.74, 6) is 1.59. The molecule has 1 fully saturated rings. The van der Waals surface area contributed by atoms with Crippen molar-refractivity contribution in [3.8, 4) is 5.75 Å². The molecule has 2 atom stereocenters. The van der Waals surface area contributed by atoms with Gasteiger partial charge in [0, 0.05) is 43.6 Å². The average molecular weight is 422 g/mol. The normalized spacial score (nSPS) is 20.3. The quantitative estimate of drug-likeness (QED) is 0.765. The second-order valence-corrected chi connectivity index (χ2v) is 9.32. The number of carbonyl (C=O) groups is 1. The van der Waals surface area contributed by atoms with Gasteiger partial charge in [-0.25, -0.2) is 0 Å². The number of nitrogens with zero attached hydrogens (tertiary/aromatic N) is 2. The summed E-state index contributed by atoms with van der Waals surface area (Å²) in [6.45, 7) is 9.94. The van der Waals surface area contributed by atoms with Gasteiger partial charge < -0.3 is 19.9 Å². The maximum atomic E-state index is 13.3. The van der Waals surface area contributed by atoms with Crippen molar-refractivity contribution in [3.05, 3.63) is 53.6 Å². The Labute approximate surface area is 186 Å². The lowest BCUT2D eigenvalue weighted by Gasteiger charge is -2.49. The van der Waals surface area contributed by atoms with Crippen LogP contribution in [0.3, 0.4) is 0 Å². The second kappa shape index (κ2) is 9.21. The average Bonchev–Trinajstić information content (AvgIpc) is 2.78. The molecule has 0 bridgehead atoms. The van der Waals surface area contributed by atoms with Crippen LogP contribution < -0.4 is 19.9 Å². The molecule has 4 rings (SSSR count). The van der Waals surface area contributed by atoms with Crippen molar-refractivity contribution in [2.45, 2.75) is 39.7 Å². The first-order valence-electron chi connectivity index (χ1n) is 11.5. The summed E-state index contributed by atoms with van der Waals surface area (Å²) in [6, 6.07) is 15.1. The molecular formula is C26H35N3O2. The minimum Gasteiger partial charge on any atom is -0.497 e. The van der Waals surface area contributed by atoms with Crippen LogP contribution in [-0.2, 0) is 11.2 Å². The molecule has 0 aliphatic carbocycles. The van der Waals surface area contributed by atoms with Crippen LogP contribution in [-0.4, -0.2) is 45.2 Å². The molecule has 5 heteroatoms. The van der Waals surface area contributed by atoms with E-state index in [-0.39, 0.29) is 17.9 Å². The highest BCUT2D eigenvalue weighted by atomic mass is 16.5. The van der Waals surface area contributed by atoms with Gasteiger partial charge in [0.15, 0.2) is 0 Å². The monoisotopic (exact) mass is 421 g/mol. The number of carbonyl (C=O) groups excluding carboxylic acids is 1. The fourth-order valence-corrected chi connectivity index (χ4v) is 4.81. The van der Waals surface area contributed by atoms with Crippen LogP contribution in [0, 0.1) is 18.8 Å². The molecular weight excluding hydrogens is 386 g/mol. The van der Waals surface area contributed by atoms with Crippen LogP contribution in [0.25, 0.3) is 0 Å². The number of piperazine rings is 1. The highest BCUT2D eigenvalue weighted by molar-refractivity contribution is 5.82. The molecule has 2 aromatic carbocycles. The lowest BCUT2D eigenvalue weighted by molar-refractivity contribution is -0.125. The minimum atomic E-state index is -0.0543. The van der Waals surface area contributed by atoms with E-state index in [9.17, 15) is 4.79 Å². The summed E-state index contributed by atoms with van der Waals surface area (Å²) in [7, 11) is 1.71. The summed E-state index contributed by atoms with van der Waals surface area (Å²) in [6.07, 6.45) is 1.78. The molecule has 2 aliphatic heterocycles. The van der Waals surface area contributed by atoms with Crippen molar-refractivity contribution in [1.29, 1.82) is 0 Å². The zero-order valence-electron chi connectivity index (χ0n) is 19.2. The van der Waals surface area contributed by atoms with Crippen LogP contribution in [0.15, 0.2) is 42.5 Å². The molecule has 0 spiro atoms. The summed E-state index contributed by atoms with van der Waals surface area (Å²) in [5, 5.41) is 3.22. The molecule has 0 aromatic heterocycles.